The van der Waals surface area contributed by atoms with Crippen molar-refractivity contribution in [3.05, 3.63) is 71.7 Å². The molecule has 3 aromatic rings. The molecule has 1 aliphatic heterocycles. The zero-order valence-corrected chi connectivity index (χ0v) is 18.8. The van der Waals surface area contributed by atoms with Crippen LogP contribution in [0.5, 0.6) is 5.75 Å². The van der Waals surface area contributed by atoms with E-state index < -0.39 is 11.4 Å². The molecule has 0 bridgehead atoms. The molecule has 2 aromatic heterocycles. The number of aromatic nitrogens is 3. The molecular formula is C25H27FN4O3. The normalized spacial score (nSPS) is 15.3. The molecule has 0 unspecified atom stereocenters. The molecule has 1 fully saturated rings. The van der Waals surface area contributed by atoms with E-state index in [-0.39, 0.29) is 24.3 Å². The summed E-state index contributed by atoms with van der Waals surface area (Å²) in [5.41, 5.74) is 0.862. The van der Waals surface area contributed by atoms with Gasteiger partial charge in [-0.15, -0.1) is 0 Å². The number of amides is 1. The van der Waals surface area contributed by atoms with Crippen molar-refractivity contribution in [1.29, 1.82) is 0 Å². The van der Waals surface area contributed by atoms with Crippen LogP contribution in [0.3, 0.4) is 0 Å². The molecule has 33 heavy (non-hydrogen) atoms. The maximum absolute atomic E-state index is 14.2. The Balaban J connectivity index is 1.59. The maximum atomic E-state index is 14.2. The summed E-state index contributed by atoms with van der Waals surface area (Å²) in [7, 11) is 0. The molecule has 3 heterocycles. The lowest BCUT2D eigenvalue weighted by molar-refractivity contribution is -0.0237. The van der Waals surface area contributed by atoms with Gasteiger partial charge in [0.15, 0.2) is 0 Å². The predicted octanol–water partition coefficient (Wildman–Crippen LogP) is 3.76. The molecule has 1 amide bonds. The Morgan fingerprint density at radius 2 is 1.97 bits per heavy atom. The number of hydrogen-bond acceptors (Lipinski definition) is 6. The molecule has 1 N–H and O–H groups in total. The molecule has 0 radical (unpaired) electrons. The van der Waals surface area contributed by atoms with E-state index in [1.54, 1.807) is 23.2 Å². The van der Waals surface area contributed by atoms with Crippen LogP contribution in [-0.4, -0.2) is 50.6 Å². The number of carbonyl (C=O) groups is 1. The number of aliphatic hydroxyl groups is 1. The van der Waals surface area contributed by atoms with Crippen molar-refractivity contribution in [1.82, 2.24) is 19.9 Å². The summed E-state index contributed by atoms with van der Waals surface area (Å²) >= 11 is 0. The van der Waals surface area contributed by atoms with Crippen molar-refractivity contribution in [3.8, 4) is 17.0 Å². The Morgan fingerprint density at radius 1 is 1.18 bits per heavy atom. The van der Waals surface area contributed by atoms with Gasteiger partial charge in [-0.25, -0.2) is 14.4 Å². The van der Waals surface area contributed by atoms with Gasteiger partial charge in [-0.3, -0.25) is 9.78 Å². The Hall–Kier alpha value is -3.39. The van der Waals surface area contributed by atoms with Crippen LogP contribution in [0, 0.1) is 5.82 Å². The zero-order valence-electron chi connectivity index (χ0n) is 18.8. The lowest BCUT2D eigenvalue weighted by atomic mass is 9.84. The summed E-state index contributed by atoms with van der Waals surface area (Å²) in [6, 6.07) is 8.76. The Labute approximate surface area is 192 Å². The topological polar surface area (TPSA) is 88.4 Å². The number of hydrogen-bond donors (Lipinski definition) is 1. The van der Waals surface area contributed by atoms with Gasteiger partial charge in [-0.2, -0.15) is 0 Å². The second-order valence-electron chi connectivity index (χ2n) is 8.03. The van der Waals surface area contributed by atoms with Crippen molar-refractivity contribution in [2.24, 2.45) is 0 Å². The van der Waals surface area contributed by atoms with E-state index >= 15 is 0 Å². The first-order valence-corrected chi connectivity index (χ1v) is 11.2. The molecule has 8 heteroatoms. The number of carbonyl (C=O) groups excluding carboxylic acids is 1. The van der Waals surface area contributed by atoms with Crippen molar-refractivity contribution < 1.29 is 19.0 Å². The van der Waals surface area contributed by atoms with Crippen LogP contribution in [0.1, 0.15) is 48.4 Å². The number of benzene rings is 1. The minimum Gasteiger partial charge on any atom is -0.493 e. The lowest BCUT2D eigenvalue weighted by Gasteiger charge is -2.38. The zero-order chi connectivity index (χ0) is 23.4. The highest BCUT2D eigenvalue weighted by atomic mass is 19.1. The summed E-state index contributed by atoms with van der Waals surface area (Å²) in [6.07, 6.45) is 5.45. The summed E-state index contributed by atoms with van der Waals surface area (Å²) in [6.45, 7) is 4.86. The third kappa shape index (κ3) is 4.71. The minimum atomic E-state index is -1.33. The fourth-order valence-electron chi connectivity index (χ4n) is 4.14. The number of halogens is 1. The Morgan fingerprint density at radius 3 is 2.67 bits per heavy atom. The van der Waals surface area contributed by atoms with E-state index in [0.29, 0.717) is 37.4 Å². The highest BCUT2D eigenvalue weighted by molar-refractivity contribution is 5.98. The van der Waals surface area contributed by atoms with Gasteiger partial charge >= 0.3 is 0 Å². The lowest BCUT2D eigenvalue weighted by Crippen LogP contribution is -2.45. The first-order valence-electron chi connectivity index (χ1n) is 11.2. The second kappa shape index (κ2) is 9.62. The first kappa shape index (κ1) is 22.8. The Bertz CT molecular complexity index is 1150. The highest BCUT2D eigenvalue weighted by Gasteiger charge is 2.38. The quantitative estimate of drug-likeness (QED) is 0.615. The van der Waals surface area contributed by atoms with E-state index in [2.05, 4.69) is 15.0 Å². The number of nitrogens with zero attached hydrogens (tertiary/aromatic N) is 4. The van der Waals surface area contributed by atoms with Gasteiger partial charge in [0.25, 0.3) is 5.91 Å². The summed E-state index contributed by atoms with van der Waals surface area (Å²) in [4.78, 5) is 27.7. The van der Waals surface area contributed by atoms with E-state index in [1.165, 1.54) is 12.3 Å². The van der Waals surface area contributed by atoms with Gasteiger partial charge < -0.3 is 14.7 Å². The van der Waals surface area contributed by atoms with Crippen LogP contribution < -0.4 is 4.74 Å². The monoisotopic (exact) mass is 450 g/mol. The average Bonchev–Trinajstić information content (AvgIpc) is 2.85. The SMILES string of the molecule is CCOc1ccc(-c2ccnc(CC)n2)cc1C(=O)N1CCC(O)(c2ccncc2F)CC1. The molecule has 0 saturated carbocycles. The Kier molecular flexibility index (Phi) is 6.65. The molecule has 7 nitrogen and oxygen atoms in total. The fraction of sp³-hybridized carbons (Fsp3) is 0.360. The molecule has 4 rings (SSSR count). The van der Waals surface area contributed by atoms with Crippen molar-refractivity contribution in [2.75, 3.05) is 19.7 Å². The summed E-state index contributed by atoms with van der Waals surface area (Å²) in [5, 5.41) is 11.0. The standard InChI is InChI=1S/C25H27FN4O3/c1-3-23-28-12-8-21(29-23)17-5-6-22(33-4-2)18(15-17)24(31)30-13-9-25(32,10-14-30)19-7-11-27-16-20(19)26/h5-8,11-12,15-16,32H,3-4,9-10,13-14H2,1-2H3. The molecule has 0 aliphatic carbocycles. The number of aryl methyl sites for hydroxylation is 1. The molecule has 172 valence electrons. The smallest absolute Gasteiger partial charge is 0.257 e. The van der Waals surface area contributed by atoms with Crippen LogP contribution in [-0.2, 0) is 12.0 Å². The van der Waals surface area contributed by atoms with Crippen molar-refractivity contribution >= 4 is 5.91 Å². The van der Waals surface area contributed by atoms with Gasteiger partial charge in [-0.1, -0.05) is 6.92 Å². The number of ether oxygens (including phenoxy) is 1. The van der Waals surface area contributed by atoms with Crippen LogP contribution in [0.2, 0.25) is 0 Å². The van der Waals surface area contributed by atoms with Crippen LogP contribution in [0.4, 0.5) is 4.39 Å². The van der Waals surface area contributed by atoms with E-state index in [4.69, 9.17) is 4.74 Å². The molecule has 1 saturated heterocycles. The second-order valence-corrected chi connectivity index (χ2v) is 8.03. The predicted molar refractivity (Wildman–Crippen MR) is 121 cm³/mol. The van der Waals surface area contributed by atoms with Crippen LogP contribution in [0.15, 0.2) is 48.9 Å². The number of rotatable bonds is 6. The maximum Gasteiger partial charge on any atom is 0.257 e. The molecule has 0 atom stereocenters. The van der Waals surface area contributed by atoms with Gasteiger partial charge in [0.1, 0.15) is 17.4 Å². The minimum absolute atomic E-state index is 0.192. The third-order valence-electron chi connectivity index (χ3n) is 5.98. The van der Waals surface area contributed by atoms with Crippen molar-refractivity contribution in [2.45, 2.75) is 38.7 Å². The molecule has 1 aliphatic rings. The van der Waals surface area contributed by atoms with Gasteiger partial charge in [0, 0.05) is 43.0 Å². The fourth-order valence-corrected chi connectivity index (χ4v) is 4.14. The van der Waals surface area contributed by atoms with Crippen molar-refractivity contribution in [3.63, 3.8) is 0 Å². The summed E-state index contributed by atoms with van der Waals surface area (Å²) < 4.78 is 19.9. The average molecular weight is 451 g/mol. The highest BCUT2D eigenvalue weighted by Crippen LogP contribution is 2.35. The van der Waals surface area contributed by atoms with Gasteiger partial charge in [0.2, 0.25) is 0 Å². The number of piperidine rings is 1. The molecular weight excluding hydrogens is 423 g/mol. The van der Waals surface area contributed by atoms with Crippen LogP contribution >= 0.6 is 0 Å². The number of pyridine rings is 1. The third-order valence-corrected chi connectivity index (χ3v) is 5.98. The van der Waals surface area contributed by atoms with E-state index in [0.717, 1.165) is 23.3 Å². The van der Waals surface area contributed by atoms with Gasteiger partial charge in [-0.05, 0) is 50.1 Å². The van der Waals surface area contributed by atoms with Gasteiger partial charge in [0.05, 0.1) is 29.7 Å². The first-order chi connectivity index (χ1) is 15.9. The van der Waals surface area contributed by atoms with E-state index in [1.807, 2.05) is 26.0 Å². The van der Waals surface area contributed by atoms with Crippen LogP contribution in [0.25, 0.3) is 11.3 Å². The molecule has 1 aromatic carbocycles. The molecule has 0 spiro atoms. The number of likely N-dealkylation sites (tertiary alicyclic amines) is 1. The van der Waals surface area contributed by atoms with E-state index in [9.17, 15) is 14.3 Å². The summed E-state index contributed by atoms with van der Waals surface area (Å²) in [5.74, 6) is 0.495. The largest absolute Gasteiger partial charge is 0.493 e.